The van der Waals surface area contributed by atoms with Gasteiger partial charge in [-0.25, -0.2) is 4.79 Å². The molecule has 0 rings (SSSR count). The molecule has 0 saturated heterocycles. The Morgan fingerprint density at radius 3 is 2.53 bits per heavy atom. The van der Waals surface area contributed by atoms with Crippen molar-refractivity contribution >= 4 is 15.5 Å². The molecule has 0 aliphatic heterocycles. The lowest BCUT2D eigenvalue weighted by molar-refractivity contribution is -0.139. The highest BCUT2D eigenvalue weighted by Gasteiger charge is 2.17. The second kappa shape index (κ2) is 8.68. The summed E-state index contributed by atoms with van der Waals surface area (Å²) in [4.78, 5) is 11.1. The number of hydrogen-bond donors (Lipinski definition) is 0. The summed E-state index contributed by atoms with van der Waals surface area (Å²) in [5.74, 6) is -0.304. The number of rotatable bonds is 8. The molecule has 2 unspecified atom stereocenters. The summed E-state index contributed by atoms with van der Waals surface area (Å²) in [7, 11) is 1.28. The van der Waals surface area contributed by atoms with Crippen LogP contribution in [0.5, 0.6) is 0 Å². The highest BCUT2D eigenvalue weighted by Crippen LogP contribution is 2.13. The maximum absolute atomic E-state index is 11.1. The Labute approximate surface area is 94.7 Å². The molecule has 0 aromatic rings. The Kier molecular flexibility index (Phi) is 8.32. The molecule has 15 heavy (non-hydrogen) atoms. The number of methoxy groups -OCH3 is 1. The quantitative estimate of drug-likeness (QED) is 0.360. The summed E-state index contributed by atoms with van der Waals surface area (Å²) in [5.41, 5.74) is 0.716. The molecule has 0 aliphatic carbocycles. The Morgan fingerprint density at radius 2 is 2.13 bits per heavy atom. The monoisotopic (exact) mass is 230 g/mol. The molecule has 3 nitrogen and oxygen atoms in total. The molecule has 4 heteroatoms. The van der Waals surface area contributed by atoms with Crippen molar-refractivity contribution in [3.63, 3.8) is 0 Å². The van der Waals surface area contributed by atoms with Gasteiger partial charge in [0.15, 0.2) is 0 Å². The van der Waals surface area contributed by atoms with Gasteiger partial charge in [0.2, 0.25) is 0 Å². The van der Waals surface area contributed by atoms with Crippen molar-refractivity contribution in [1.29, 1.82) is 0 Å². The van der Waals surface area contributed by atoms with E-state index in [0.29, 0.717) is 5.54 Å². The van der Waals surface area contributed by atoms with Crippen molar-refractivity contribution in [3.8, 4) is 0 Å². The van der Waals surface area contributed by atoms with E-state index in [-0.39, 0.29) is 11.7 Å². The molecule has 0 aromatic carbocycles. The van der Waals surface area contributed by atoms with Crippen LogP contribution >= 0.6 is 0 Å². The van der Waals surface area contributed by atoms with E-state index in [0.717, 1.165) is 19.4 Å². The molecule has 0 aliphatic rings. The Bertz CT molecular complexity index is 194. The molecule has 0 aromatic heterocycles. The minimum Gasteiger partial charge on any atom is -0.464 e. The third-order valence-electron chi connectivity index (χ3n) is 2.48. The largest absolute Gasteiger partial charge is 0.464 e. The van der Waals surface area contributed by atoms with E-state index in [1.54, 1.807) is 7.11 Å². The van der Waals surface area contributed by atoms with Crippen molar-refractivity contribution in [2.45, 2.75) is 38.0 Å². The zero-order valence-electron chi connectivity index (χ0n) is 9.99. The molecule has 2 atom stereocenters. The Hall–Kier alpha value is -0.613. The highest BCUT2D eigenvalue weighted by molar-refractivity contribution is 6.39. The average Bonchev–Trinajstić information content (AvgIpc) is 2.26. The van der Waals surface area contributed by atoms with Gasteiger partial charge in [-0.15, -0.1) is 0 Å². The average molecular weight is 230 g/mol. The molecule has 0 heterocycles. The van der Waals surface area contributed by atoms with Gasteiger partial charge in [-0.1, -0.05) is 26.8 Å². The molecular weight excluding hydrogens is 208 g/mol. The minimum absolute atomic E-state index is 0.121. The third-order valence-corrected chi connectivity index (χ3v) is 5.23. The maximum Gasteiger partial charge on any atom is 0.330 e. The zero-order valence-corrected chi connectivity index (χ0v) is 11.4. The first-order valence-corrected chi connectivity index (χ1v) is 7.13. The van der Waals surface area contributed by atoms with E-state index < -0.39 is 9.52 Å². The molecule has 0 bridgehead atoms. The normalized spacial score (nSPS) is 15.1. The van der Waals surface area contributed by atoms with E-state index in [9.17, 15) is 4.79 Å². The summed E-state index contributed by atoms with van der Waals surface area (Å²) < 4.78 is 10.4. The summed E-state index contributed by atoms with van der Waals surface area (Å²) >= 11 is 0. The van der Waals surface area contributed by atoms with Crippen LogP contribution < -0.4 is 0 Å². The zero-order chi connectivity index (χ0) is 11.7. The fourth-order valence-corrected chi connectivity index (χ4v) is 3.51. The SMILES string of the molecule is C=CC(=O)OC(CC)[SiH2]C(CC)COC. The second-order valence-corrected chi connectivity index (χ2v) is 6.17. The van der Waals surface area contributed by atoms with Crippen molar-refractivity contribution in [2.24, 2.45) is 0 Å². The van der Waals surface area contributed by atoms with Crippen molar-refractivity contribution < 1.29 is 14.3 Å². The number of carbonyl (C=O) groups is 1. The summed E-state index contributed by atoms with van der Waals surface area (Å²) in [6, 6.07) is 0. The van der Waals surface area contributed by atoms with Crippen LogP contribution in [0.25, 0.3) is 0 Å². The topological polar surface area (TPSA) is 35.5 Å². The van der Waals surface area contributed by atoms with Crippen LogP contribution in [-0.4, -0.2) is 34.9 Å². The summed E-state index contributed by atoms with van der Waals surface area (Å²) in [6.07, 6.45) is 3.22. The van der Waals surface area contributed by atoms with Crippen LogP contribution in [0, 0.1) is 0 Å². The van der Waals surface area contributed by atoms with E-state index in [4.69, 9.17) is 9.47 Å². The smallest absolute Gasteiger partial charge is 0.330 e. The molecule has 0 N–H and O–H groups in total. The summed E-state index contributed by atoms with van der Waals surface area (Å²) in [5, 5.41) is 0. The first-order chi connectivity index (χ1) is 7.17. The van der Waals surface area contributed by atoms with Gasteiger partial charge in [-0.2, -0.15) is 0 Å². The highest BCUT2D eigenvalue weighted by atomic mass is 28.2. The standard InChI is InChI=1S/C11H22O3Si/c1-5-9(8-13-4)15-11(7-3)14-10(12)6-2/h6,9,11H,2,5,7-8,15H2,1,3-4H3. The first-order valence-electron chi connectivity index (χ1n) is 5.49. The van der Waals surface area contributed by atoms with E-state index in [2.05, 4.69) is 13.5 Å². The lowest BCUT2D eigenvalue weighted by atomic mass is 10.3. The van der Waals surface area contributed by atoms with Gasteiger partial charge in [0, 0.05) is 19.8 Å². The fraction of sp³-hybridized carbons (Fsp3) is 0.727. The maximum atomic E-state index is 11.1. The van der Waals surface area contributed by atoms with Crippen LogP contribution in [0.4, 0.5) is 0 Å². The Balaban J connectivity index is 4.05. The fourth-order valence-electron chi connectivity index (χ4n) is 1.47. The Morgan fingerprint density at radius 1 is 1.47 bits per heavy atom. The molecule has 0 radical (unpaired) electrons. The molecule has 88 valence electrons. The van der Waals surface area contributed by atoms with Gasteiger partial charge in [0.1, 0.15) is 0 Å². The molecular formula is C11H22O3Si. The minimum atomic E-state index is -0.440. The van der Waals surface area contributed by atoms with E-state index in [1.165, 1.54) is 6.08 Å². The van der Waals surface area contributed by atoms with Crippen LogP contribution in [-0.2, 0) is 14.3 Å². The van der Waals surface area contributed by atoms with Crippen LogP contribution in [0.3, 0.4) is 0 Å². The second-order valence-electron chi connectivity index (χ2n) is 3.64. The van der Waals surface area contributed by atoms with Crippen LogP contribution in [0.2, 0.25) is 5.54 Å². The predicted molar refractivity (Wildman–Crippen MR) is 64.8 cm³/mol. The number of carbonyl (C=O) groups excluding carboxylic acids is 1. The van der Waals surface area contributed by atoms with Crippen molar-refractivity contribution in [2.75, 3.05) is 13.7 Å². The van der Waals surface area contributed by atoms with Gasteiger partial charge in [-0.3, -0.25) is 0 Å². The van der Waals surface area contributed by atoms with E-state index in [1.807, 2.05) is 6.92 Å². The van der Waals surface area contributed by atoms with Gasteiger partial charge in [0.25, 0.3) is 0 Å². The molecule has 0 amide bonds. The van der Waals surface area contributed by atoms with Crippen LogP contribution in [0.1, 0.15) is 26.7 Å². The lowest BCUT2D eigenvalue weighted by Crippen LogP contribution is -2.27. The van der Waals surface area contributed by atoms with Crippen molar-refractivity contribution in [3.05, 3.63) is 12.7 Å². The van der Waals surface area contributed by atoms with Gasteiger partial charge in [0.05, 0.1) is 15.2 Å². The third kappa shape index (κ3) is 6.46. The lowest BCUT2D eigenvalue weighted by Gasteiger charge is -2.20. The number of hydrogen-bond acceptors (Lipinski definition) is 3. The van der Waals surface area contributed by atoms with Gasteiger partial charge < -0.3 is 9.47 Å². The number of ether oxygens (including phenoxy) is 2. The molecule has 0 fully saturated rings. The van der Waals surface area contributed by atoms with Crippen molar-refractivity contribution in [1.82, 2.24) is 0 Å². The first kappa shape index (κ1) is 14.4. The van der Waals surface area contributed by atoms with Gasteiger partial charge in [-0.05, 0) is 12.0 Å². The van der Waals surface area contributed by atoms with Gasteiger partial charge >= 0.3 is 5.97 Å². The summed E-state index contributed by atoms with van der Waals surface area (Å²) in [6.45, 7) is 8.38. The molecule has 0 spiro atoms. The van der Waals surface area contributed by atoms with Crippen LogP contribution in [0.15, 0.2) is 12.7 Å². The predicted octanol–water partition coefficient (Wildman–Crippen LogP) is 1.47. The molecule has 0 saturated carbocycles. The van der Waals surface area contributed by atoms with E-state index >= 15 is 0 Å². The number of esters is 1.